The van der Waals surface area contributed by atoms with E-state index in [1.165, 1.54) is 7.11 Å². The molecule has 102 valence electrons. The second kappa shape index (κ2) is 7.10. The van der Waals surface area contributed by atoms with E-state index < -0.39 is 0 Å². The molecule has 0 bridgehead atoms. The van der Waals surface area contributed by atoms with E-state index in [0.717, 1.165) is 12.8 Å². The number of nitrogens with zero attached hydrogens (tertiary/aromatic N) is 3. The van der Waals surface area contributed by atoms with Crippen LogP contribution in [0.2, 0.25) is 0 Å². The standard InChI is InChI=1S/C12H21N3O3/c1-5-6-10-13-11(18-14-10)7-15(9(2)3)8-12(16)17-4/h9H,5-8H2,1-4H3. The minimum Gasteiger partial charge on any atom is -0.468 e. The van der Waals surface area contributed by atoms with Gasteiger partial charge in [-0.15, -0.1) is 0 Å². The summed E-state index contributed by atoms with van der Waals surface area (Å²) < 4.78 is 9.82. The first kappa shape index (κ1) is 14.6. The number of aromatic nitrogens is 2. The molecule has 0 atom stereocenters. The molecule has 0 aliphatic heterocycles. The highest BCUT2D eigenvalue weighted by atomic mass is 16.5. The summed E-state index contributed by atoms with van der Waals surface area (Å²) in [5, 5.41) is 3.89. The minimum absolute atomic E-state index is 0.200. The van der Waals surface area contributed by atoms with Crippen molar-refractivity contribution >= 4 is 5.97 Å². The summed E-state index contributed by atoms with van der Waals surface area (Å²) in [6, 6.07) is 0.200. The largest absolute Gasteiger partial charge is 0.468 e. The fourth-order valence-electron chi connectivity index (χ4n) is 1.50. The van der Waals surface area contributed by atoms with Crippen LogP contribution in [0.5, 0.6) is 0 Å². The summed E-state index contributed by atoms with van der Waals surface area (Å²) in [5.41, 5.74) is 0. The van der Waals surface area contributed by atoms with Crippen molar-refractivity contribution in [3.8, 4) is 0 Å². The Balaban J connectivity index is 2.61. The number of methoxy groups -OCH3 is 1. The molecule has 0 aromatic carbocycles. The van der Waals surface area contributed by atoms with Crippen LogP contribution in [0.3, 0.4) is 0 Å². The molecule has 0 N–H and O–H groups in total. The third-order valence-electron chi connectivity index (χ3n) is 2.61. The number of aryl methyl sites for hydroxylation is 1. The van der Waals surface area contributed by atoms with E-state index >= 15 is 0 Å². The van der Waals surface area contributed by atoms with Crippen LogP contribution in [0.4, 0.5) is 0 Å². The Morgan fingerprint density at radius 1 is 1.50 bits per heavy atom. The third-order valence-corrected chi connectivity index (χ3v) is 2.61. The average Bonchev–Trinajstić information content (AvgIpc) is 2.76. The normalized spacial score (nSPS) is 11.2. The molecule has 18 heavy (non-hydrogen) atoms. The van der Waals surface area contributed by atoms with Crippen molar-refractivity contribution in [1.29, 1.82) is 0 Å². The molecule has 0 fully saturated rings. The molecule has 1 rings (SSSR count). The molecule has 0 spiro atoms. The van der Waals surface area contributed by atoms with E-state index in [2.05, 4.69) is 21.8 Å². The van der Waals surface area contributed by atoms with Gasteiger partial charge in [-0.1, -0.05) is 12.1 Å². The van der Waals surface area contributed by atoms with Crippen LogP contribution in [-0.4, -0.2) is 40.7 Å². The second-order valence-electron chi connectivity index (χ2n) is 4.43. The van der Waals surface area contributed by atoms with Crippen molar-refractivity contribution in [3.63, 3.8) is 0 Å². The molecule has 0 saturated heterocycles. The maximum atomic E-state index is 11.3. The fourth-order valence-corrected chi connectivity index (χ4v) is 1.50. The van der Waals surface area contributed by atoms with Crippen LogP contribution in [0, 0.1) is 0 Å². The van der Waals surface area contributed by atoms with Crippen LogP contribution in [0.15, 0.2) is 4.52 Å². The molecule has 0 saturated carbocycles. The van der Waals surface area contributed by atoms with Crippen LogP contribution >= 0.6 is 0 Å². The van der Waals surface area contributed by atoms with Crippen molar-refractivity contribution in [1.82, 2.24) is 15.0 Å². The Kier molecular flexibility index (Phi) is 5.77. The number of carbonyl (C=O) groups is 1. The van der Waals surface area contributed by atoms with E-state index in [0.29, 0.717) is 18.3 Å². The van der Waals surface area contributed by atoms with E-state index in [1.807, 2.05) is 18.7 Å². The molecular formula is C12H21N3O3. The lowest BCUT2D eigenvalue weighted by Gasteiger charge is -2.22. The molecule has 1 heterocycles. The summed E-state index contributed by atoms with van der Waals surface area (Å²) in [4.78, 5) is 17.5. The predicted molar refractivity (Wildman–Crippen MR) is 65.9 cm³/mol. The lowest BCUT2D eigenvalue weighted by molar-refractivity contribution is -0.142. The van der Waals surface area contributed by atoms with Gasteiger partial charge in [0.25, 0.3) is 0 Å². The quantitative estimate of drug-likeness (QED) is 0.686. The molecule has 6 heteroatoms. The van der Waals surface area contributed by atoms with Crippen LogP contribution in [-0.2, 0) is 22.5 Å². The maximum absolute atomic E-state index is 11.3. The van der Waals surface area contributed by atoms with Gasteiger partial charge in [-0.3, -0.25) is 9.69 Å². The van der Waals surface area contributed by atoms with E-state index in [-0.39, 0.29) is 18.6 Å². The van der Waals surface area contributed by atoms with Crippen LogP contribution in [0.1, 0.15) is 38.9 Å². The zero-order valence-corrected chi connectivity index (χ0v) is 11.5. The van der Waals surface area contributed by atoms with E-state index in [1.54, 1.807) is 0 Å². The highest BCUT2D eigenvalue weighted by molar-refractivity contribution is 5.71. The molecular weight excluding hydrogens is 234 g/mol. The van der Waals surface area contributed by atoms with Crippen LogP contribution < -0.4 is 0 Å². The van der Waals surface area contributed by atoms with Crippen molar-refractivity contribution < 1.29 is 14.1 Å². The molecule has 1 aromatic rings. The number of rotatable bonds is 7. The Bertz CT molecular complexity index is 376. The van der Waals surface area contributed by atoms with Gasteiger partial charge in [0.05, 0.1) is 20.2 Å². The van der Waals surface area contributed by atoms with Gasteiger partial charge in [-0.2, -0.15) is 4.98 Å². The maximum Gasteiger partial charge on any atom is 0.319 e. The van der Waals surface area contributed by atoms with Crippen molar-refractivity contribution in [2.45, 2.75) is 46.2 Å². The Labute approximate surface area is 107 Å². The molecule has 6 nitrogen and oxygen atoms in total. The first-order chi connectivity index (χ1) is 8.56. The van der Waals surface area contributed by atoms with Crippen molar-refractivity contribution in [2.24, 2.45) is 0 Å². The Hall–Kier alpha value is -1.43. The third kappa shape index (κ3) is 4.44. The van der Waals surface area contributed by atoms with E-state index in [4.69, 9.17) is 4.52 Å². The molecule has 0 aliphatic rings. The summed E-state index contributed by atoms with van der Waals surface area (Å²) >= 11 is 0. The number of esters is 1. The number of hydrogen-bond donors (Lipinski definition) is 0. The minimum atomic E-state index is -0.267. The highest BCUT2D eigenvalue weighted by Gasteiger charge is 2.18. The number of ether oxygens (including phenoxy) is 1. The second-order valence-corrected chi connectivity index (χ2v) is 4.43. The van der Waals surface area contributed by atoms with Gasteiger partial charge in [0.1, 0.15) is 0 Å². The zero-order valence-electron chi connectivity index (χ0n) is 11.5. The van der Waals surface area contributed by atoms with Gasteiger partial charge in [0, 0.05) is 12.5 Å². The van der Waals surface area contributed by atoms with Gasteiger partial charge in [0.15, 0.2) is 5.82 Å². The van der Waals surface area contributed by atoms with Gasteiger partial charge in [0.2, 0.25) is 5.89 Å². The molecule has 0 amide bonds. The Morgan fingerprint density at radius 2 is 2.22 bits per heavy atom. The first-order valence-electron chi connectivity index (χ1n) is 6.19. The monoisotopic (exact) mass is 255 g/mol. The summed E-state index contributed by atoms with van der Waals surface area (Å²) in [6.07, 6.45) is 1.79. The Morgan fingerprint density at radius 3 is 2.78 bits per heavy atom. The molecule has 0 unspecified atom stereocenters. The lowest BCUT2D eigenvalue weighted by Crippen LogP contribution is -2.35. The van der Waals surface area contributed by atoms with Gasteiger partial charge in [-0.05, 0) is 20.3 Å². The summed E-state index contributed by atoms with van der Waals surface area (Å²) in [6.45, 7) is 6.76. The molecule has 0 radical (unpaired) electrons. The van der Waals surface area contributed by atoms with Gasteiger partial charge < -0.3 is 9.26 Å². The molecule has 1 aromatic heterocycles. The van der Waals surface area contributed by atoms with Gasteiger partial charge in [-0.25, -0.2) is 0 Å². The summed E-state index contributed by atoms with van der Waals surface area (Å²) in [7, 11) is 1.38. The predicted octanol–water partition coefficient (Wildman–Crippen LogP) is 1.41. The van der Waals surface area contributed by atoms with Crippen LogP contribution in [0.25, 0.3) is 0 Å². The van der Waals surface area contributed by atoms with Crippen molar-refractivity contribution in [3.05, 3.63) is 11.7 Å². The zero-order chi connectivity index (χ0) is 13.5. The lowest BCUT2D eigenvalue weighted by atomic mass is 10.3. The number of carbonyl (C=O) groups excluding carboxylic acids is 1. The highest BCUT2D eigenvalue weighted by Crippen LogP contribution is 2.07. The van der Waals surface area contributed by atoms with Crippen molar-refractivity contribution in [2.75, 3.05) is 13.7 Å². The van der Waals surface area contributed by atoms with E-state index in [9.17, 15) is 4.79 Å². The molecule has 0 aliphatic carbocycles. The fraction of sp³-hybridized carbons (Fsp3) is 0.750. The average molecular weight is 255 g/mol. The first-order valence-corrected chi connectivity index (χ1v) is 6.19. The van der Waals surface area contributed by atoms with Gasteiger partial charge >= 0.3 is 5.97 Å². The number of hydrogen-bond acceptors (Lipinski definition) is 6. The summed E-state index contributed by atoms with van der Waals surface area (Å²) in [5.74, 6) is 0.988. The topological polar surface area (TPSA) is 68.5 Å². The SMILES string of the molecule is CCCc1noc(CN(CC(=O)OC)C(C)C)n1. The smallest absolute Gasteiger partial charge is 0.319 e.